The van der Waals surface area contributed by atoms with Gasteiger partial charge in [0, 0.05) is 17.4 Å². The molecule has 3 rings (SSSR count). The molecule has 4 unspecified atom stereocenters. The second-order valence-corrected chi connectivity index (χ2v) is 9.81. The Morgan fingerprint density at radius 2 is 2.08 bits per heavy atom. The molecule has 2 aliphatic carbocycles. The zero-order valence-corrected chi connectivity index (χ0v) is 17.0. The predicted octanol–water partition coefficient (Wildman–Crippen LogP) is 5.67. The van der Waals surface area contributed by atoms with E-state index in [-0.39, 0.29) is 9.93 Å². The van der Waals surface area contributed by atoms with Crippen LogP contribution < -0.4 is 0 Å². The first-order chi connectivity index (χ1) is 11.3. The summed E-state index contributed by atoms with van der Waals surface area (Å²) in [6.07, 6.45) is 12.8. The minimum absolute atomic E-state index is 0.181. The van der Waals surface area contributed by atoms with Crippen molar-refractivity contribution in [3.8, 4) is 0 Å². The highest BCUT2D eigenvalue weighted by molar-refractivity contribution is 9.10. The molecule has 0 aromatic heterocycles. The van der Waals surface area contributed by atoms with Gasteiger partial charge in [-0.1, -0.05) is 59.8 Å². The van der Waals surface area contributed by atoms with Gasteiger partial charge in [-0.15, -0.1) is 0 Å². The maximum atomic E-state index is 11.3. The molecule has 4 atom stereocenters. The Morgan fingerprint density at radius 1 is 1.33 bits per heavy atom. The summed E-state index contributed by atoms with van der Waals surface area (Å²) < 4.78 is 6.00. The number of ether oxygens (including phenoxy) is 1. The van der Waals surface area contributed by atoms with Gasteiger partial charge in [0.05, 0.1) is 10.4 Å². The fourth-order valence-electron chi connectivity index (χ4n) is 4.61. The SMILES string of the molecule is CCCCCC1(Br)C=CC2=C(C3C=C(C)CCC3C(C)(C)O2)C1O. The van der Waals surface area contributed by atoms with Crippen molar-refractivity contribution in [2.24, 2.45) is 11.8 Å². The molecule has 0 fully saturated rings. The fraction of sp³-hybridized carbons (Fsp3) is 0.714. The van der Waals surface area contributed by atoms with Crippen LogP contribution in [0.15, 0.2) is 35.1 Å². The standard InChI is InChI=1S/C21H31BrO2/c1-5-6-7-11-21(22)12-10-17-18(19(21)23)15-13-14(2)8-9-16(15)20(3,4)24-17/h10,12-13,15-16,19,23H,5-9,11H2,1-4H3. The van der Waals surface area contributed by atoms with Crippen molar-refractivity contribution in [3.05, 3.63) is 35.1 Å². The molecular weight excluding hydrogens is 364 g/mol. The molecule has 24 heavy (non-hydrogen) atoms. The first-order valence-electron chi connectivity index (χ1n) is 9.45. The Labute approximate surface area is 155 Å². The Bertz CT molecular complexity index is 587. The molecule has 0 bridgehead atoms. The number of hydrogen-bond donors (Lipinski definition) is 1. The van der Waals surface area contributed by atoms with E-state index in [9.17, 15) is 5.11 Å². The Hall–Kier alpha value is -0.540. The molecule has 0 radical (unpaired) electrons. The molecule has 1 heterocycles. The van der Waals surface area contributed by atoms with E-state index in [2.05, 4.69) is 61.9 Å². The van der Waals surface area contributed by atoms with Gasteiger partial charge in [-0.05, 0) is 46.1 Å². The van der Waals surface area contributed by atoms with E-state index in [1.54, 1.807) is 0 Å². The van der Waals surface area contributed by atoms with Gasteiger partial charge >= 0.3 is 0 Å². The maximum absolute atomic E-state index is 11.3. The lowest BCUT2D eigenvalue weighted by molar-refractivity contribution is -0.0569. The van der Waals surface area contributed by atoms with Gasteiger partial charge in [0.2, 0.25) is 0 Å². The number of alkyl halides is 1. The highest BCUT2D eigenvalue weighted by atomic mass is 79.9. The third-order valence-electron chi connectivity index (χ3n) is 6.08. The molecule has 2 nitrogen and oxygen atoms in total. The lowest BCUT2D eigenvalue weighted by atomic mass is 9.65. The third-order valence-corrected chi connectivity index (χ3v) is 7.18. The smallest absolute Gasteiger partial charge is 0.122 e. The van der Waals surface area contributed by atoms with E-state index < -0.39 is 6.10 Å². The van der Waals surface area contributed by atoms with Crippen LogP contribution in [0.4, 0.5) is 0 Å². The van der Waals surface area contributed by atoms with Crippen molar-refractivity contribution < 1.29 is 9.84 Å². The average Bonchev–Trinajstić information content (AvgIpc) is 2.51. The van der Waals surface area contributed by atoms with Crippen molar-refractivity contribution in [2.75, 3.05) is 0 Å². The van der Waals surface area contributed by atoms with Gasteiger partial charge in [-0.3, -0.25) is 0 Å². The predicted molar refractivity (Wildman–Crippen MR) is 103 cm³/mol. The van der Waals surface area contributed by atoms with Crippen LogP contribution in [-0.2, 0) is 4.74 Å². The molecule has 1 aliphatic heterocycles. The van der Waals surface area contributed by atoms with E-state index in [0.717, 1.165) is 37.0 Å². The van der Waals surface area contributed by atoms with E-state index in [1.807, 2.05) is 0 Å². The van der Waals surface area contributed by atoms with Crippen LogP contribution in [0.5, 0.6) is 0 Å². The fourth-order valence-corrected chi connectivity index (χ4v) is 5.27. The molecule has 0 saturated heterocycles. The molecule has 0 saturated carbocycles. The molecule has 0 spiro atoms. The van der Waals surface area contributed by atoms with Crippen molar-refractivity contribution in [1.29, 1.82) is 0 Å². The van der Waals surface area contributed by atoms with Gasteiger partial charge in [-0.2, -0.15) is 0 Å². The van der Waals surface area contributed by atoms with Crippen molar-refractivity contribution >= 4 is 15.9 Å². The number of aliphatic hydroxyl groups excluding tert-OH is 1. The zero-order valence-electron chi connectivity index (χ0n) is 15.4. The van der Waals surface area contributed by atoms with Crippen molar-refractivity contribution in [2.45, 2.75) is 82.2 Å². The highest BCUT2D eigenvalue weighted by Crippen LogP contribution is 2.52. The largest absolute Gasteiger partial charge is 0.487 e. The molecule has 0 aromatic rings. The molecule has 134 valence electrons. The number of fused-ring (bicyclic) bond motifs is 2. The van der Waals surface area contributed by atoms with Gasteiger partial charge in [0.25, 0.3) is 0 Å². The second kappa shape index (κ2) is 6.64. The molecule has 0 aromatic carbocycles. The van der Waals surface area contributed by atoms with E-state index in [1.165, 1.54) is 18.4 Å². The summed E-state index contributed by atoms with van der Waals surface area (Å²) in [7, 11) is 0. The van der Waals surface area contributed by atoms with Crippen molar-refractivity contribution in [1.82, 2.24) is 0 Å². The summed E-state index contributed by atoms with van der Waals surface area (Å²) >= 11 is 3.87. The van der Waals surface area contributed by atoms with E-state index in [0.29, 0.717) is 11.8 Å². The minimum atomic E-state index is -0.514. The summed E-state index contributed by atoms with van der Waals surface area (Å²) in [4.78, 5) is 0. The van der Waals surface area contributed by atoms with Crippen LogP contribution in [-0.4, -0.2) is 21.1 Å². The van der Waals surface area contributed by atoms with E-state index >= 15 is 0 Å². The molecule has 3 heteroatoms. The summed E-state index contributed by atoms with van der Waals surface area (Å²) in [6, 6.07) is 0. The first kappa shape index (κ1) is 18.3. The Kier molecular flexibility index (Phi) is 5.05. The van der Waals surface area contributed by atoms with E-state index in [4.69, 9.17) is 4.74 Å². The maximum Gasteiger partial charge on any atom is 0.122 e. The quantitative estimate of drug-likeness (QED) is 0.378. The topological polar surface area (TPSA) is 29.5 Å². The lowest BCUT2D eigenvalue weighted by Gasteiger charge is -2.50. The van der Waals surface area contributed by atoms with Gasteiger partial charge < -0.3 is 9.84 Å². The normalized spacial score (nSPS) is 37.4. The minimum Gasteiger partial charge on any atom is -0.487 e. The number of allylic oxidation sites excluding steroid dienone is 3. The number of rotatable bonds is 4. The van der Waals surface area contributed by atoms with Gasteiger partial charge in [0.1, 0.15) is 11.4 Å². The number of aliphatic hydroxyl groups is 1. The number of halogens is 1. The monoisotopic (exact) mass is 394 g/mol. The van der Waals surface area contributed by atoms with Crippen LogP contribution in [0.3, 0.4) is 0 Å². The van der Waals surface area contributed by atoms with Gasteiger partial charge in [0.15, 0.2) is 0 Å². The lowest BCUT2D eigenvalue weighted by Crippen LogP contribution is -2.50. The molecular formula is C21H31BrO2. The molecule has 3 aliphatic rings. The van der Waals surface area contributed by atoms with Crippen LogP contribution in [0.25, 0.3) is 0 Å². The van der Waals surface area contributed by atoms with Crippen LogP contribution in [0.2, 0.25) is 0 Å². The number of unbranched alkanes of at least 4 members (excludes halogenated alkanes) is 2. The summed E-state index contributed by atoms with van der Waals surface area (Å²) in [5, 5.41) is 11.3. The highest BCUT2D eigenvalue weighted by Gasteiger charge is 2.50. The third kappa shape index (κ3) is 3.14. The van der Waals surface area contributed by atoms with Crippen molar-refractivity contribution in [3.63, 3.8) is 0 Å². The summed E-state index contributed by atoms with van der Waals surface area (Å²) in [5.74, 6) is 1.62. The first-order valence-corrected chi connectivity index (χ1v) is 10.2. The molecule has 0 amide bonds. The Balaban J connectivity index is 1.95. The second-order valence-electron chi connectivity index (χ2n) is 8.33. The molecule has 1 N–H and O–H groups in total. The van der Waals surface area contributed by atoms with Crippen LogP contribution in [0.1, 0.15) is 66.2 Å². The zero-order chi connectivity index (χ0) is 17.5. The average molecular weight is 395 g/mol. The summed E-state index contributed by atoms with van der Waals surface area (Å²) in [6.45, 7) is 8.82. The van der Waals surface area contributed by atoms with Crippen LogP contribution in [0, 0.1) is 11.8 Å². The number of hydrogen-bond acceptors (Lipinski definition) is 2. The Morgan fingerprint density at radius 3 is 2.79 bits per heavy atom. The van der Waals surface area contributed by atoms with Gasteiger partial charge in [-0.25, -0.2) is 0 Å². The summed E-state index contributed by atoms with van der Waals surface area (Å²) in [5.41, 5.74) is 2.35. The van der Waals surface area contributed by atoms with Crippen LogP contribution >= 0.6 is 15.9 Å².